The van der Waals surface area contributed by atoms with E-state index >= 15 is 0 Å². The van der Waals surface area contributed by atoms with Crippen LogP contribution in [0.4, 0.5) is 5.69 Å². The van der Waals surface area contributed by atoms with Crippen molar-refractivity contribution < 1.29 is 9.90 Å². The van der Waals surface area contributed by atoms with Crippen molar-refractivity contribution in [2.24, 2.45) is 0 Å². The van der Waals surface area contributed by atoms with Crippen LogP contribution in [0, 0.1) is 0 Å². The van der Waals surface area contributed by atoms with E-state index in [9.17, 15) is 9.90 Å². The second-order valence-electron chi connectivity index (χ2n) is 5.12. The Balaban J connectivity index is 2.13. The number of carbonyl (C=O) groups excluding carboxylic acids is 1. The summed E-state index contributed by atoms with van der Waals surface area (Å²) >= 11 is 0. The zero-order valence-electron chi connectivity index (χ0n) is 10.3. The van der Waals surface area contributed by atoms with E-state index in [4.69, 9.17) is 0 Å². The molecule has 0 amide bonds. The SMILES string of the molecule is C[N+]1(c2ccc(CC(=O)[O-])cc2)CCCCC1. The van der Waals surface area contributed by atoms with Crippen LogP contribution in [0.5, 0.6) is 0 Å². The normalized spacial score (nSPS) is 18.9. The van der Waals surface area contributed by atoms with Crippen LogP contribution in [-0.4, -0.2) is 26.1 Å². The van der Waals surface area contributed by atoms with Crippen LogP contribution in [0.15, 0.2) is 24.3 Å². The molecule has 2 rings (SSSR count). The van der Waals surface area contributed by atoms with Crippen LogP contribution in [0.25, 0.3) is 0 Å². The fourth-order valence-electron chi connectivity index (χ4n) is 2.61. The molecule has 0 spiro atoms. The number of carboxylic acid groups (broad SMARTS) is 1. The highest BCUT2D eigenvalue weighted by molar-refractivity contribution is 5.68. The third-order valence-electron chi connectivity index (χ3n) is 3.71. The van der Waals surface area contributed by atoms with Crippen LogP contribution in [0.1, 0.15) is 24.8 Å². The Morgan fingerprint density at radius 2 is 1.76 bits per heavy atom. The minimum Gasteiger partial charge on any atom is -0.550 e. The van der Waals surface area contributed by atoms with E-state index in [-0.39, 0.29) is 6.42 Å². The monoisotopic (exact) mass is 233 g/mol. The van der Waals surface area contributed by atoms with Crippen molar-refractivity contribution in [3.63, 3.8) is 0 Å². The van der Waals surface area contributed by atoms with E-state index in [0.29, 0.717) is 0 Å². The molecule has 3 heteroatoms. The summed E-state index contributed by atoms with van der Waals surface area (Å²) in [6.45, 7) is 2.36. The van der Waals surface area contributed by atoms with E-state index in [1.165, 1.54) is 38.0 Å². The number of hydrogen-bond donors (Lipinski definition) is 0. The quantitative estimate of drug-likeness (QED) is 0.733. The molecule has 1 aromatic rings. The standard InChI is InChI=1S/C14H19NO2/c1-15(9-3-2-4-10-15)13-7-5-12(6-8-13)11-14(16)17/h5-8H,2-4,9-11H2,1H3. The van der Waals surface area contributed by atoms with Crippen molar-refractivity contribution in [2.75, 3.05) is 20.1 Å². The Bertz CT molecular complexity index is 391. The van der Waals surface area contributed by atoms with Gasteiger partial charge in [0, 0.05) is 12.4 Å². The summed E-state index contributed by atoms with van der Waals surface area (Å²) in [5, 5.41) is 10.5. The first-order chi connectivity index (χ1) is 8.10. The number of piperidine rings is 1. The first-order valence-electron chi connectivity index (χ1n) is 6.24. The van der Waals surface area contributed by atoms with Gasteiger partial charge in [0.25, 0.3) is 0 Å². The first-order valence-corrected chi connectivity index (χ1v) is 6.24. The fraction of sp³-hybridized carbons (Fsp3) is 0.500. The number of likely N-dealkylation sites (tertiary alicyclic amines) is 1. The van der Waals surface area contributed by atoms with Crippen LogP contribution in [0.3, 0.4) is 0 Å². The lowest BCUT2D eigenvalue weighted by Gasteiger charge is -2.37. The molecule has 0 radical (unpaired) electrons. The molecule has 0 unspecified atom stereocenters. The Morgan fingerprint density at radius 3 is 2.29 bits per heavy atom. The molecule has 0 atom stereocenters. The number of nitrogens with zero attached hydrogens (tertiary/aromatic N) is 1. The average Bonchev–Trinajstić information content (AvgIpc) is 2.30. The van der Waals surface area contributed by atoms with Gasteiger partial charge in [0.15, 0.2) is 0 Å². The largest absolute Gasteiger partial charge is 0.550 e. The fourth-order valence-corrected chi connectivity index (χ4v) is 2.61. The van der Waals surface area contributed by atoms with Crippen molar-refractivity contribution >= 4 is 11.7 Å². The molecule has 0 N–H and O–H groups in total. The molecule has 92 valence electrons. The number of carbonyl (C=O) groups is 1. The third kappa shape index (κ3) is 2.86. The third-order valence-corrected chi connectivity index (χ3v) is 3.71. The van der Waals surface area contributed by atoms with Crippen molar-refractivity contribution in [1.82, 2.24) is 4.48 Å². The lowest BCUT2D eigenvalue weighted by Crippen LogP contribution is -2.48. The van der Waals surface area contributed by atoms with Crippen LogP contribution < -0.4 is 9.59 Å². The van der Waals surface area contributed by atoms with Crippen molar-refractivity contribution in [2.45, 2.75) is 25.7 Å². The molecule has 0 saturated carbocycles. The Morgan fingerprint density at radius 1 is 1.18 bits per heavy atom. The van der Waals surface area contributed by atoms with E-state index in [0.717, 1.165) is 10.0 Å². The summed E-state index contributed by atoms with van der Waals surface area (Å²) in [4.78, 5) is 10.5. The Hall–Kier alpha value is -1.35. The summed E-state index contributed by atoms with van der Waals surface area (Å²) in [5.41, 5.74) is 2.10. The highest BCUT2D eigenvalue weighted by Crippen LogP contribution is 2.26. The molecule has 3 nitrogen and oxygen atoms in total. The summed E-state index contributed by atoms with van der Waals surface area (Å²) < 4.78 is 0.978. The number of aliphatic carboxylic acids is 1. The number of benzene rings is 1. The molecule has 1 fully saturated rings. The van der Waals surface area contributed by atoms with Crippen molar-refractivity contribution in [3.05, 3.63) is 29.8 Å². The van der Waals surface area contributed by atoms with E-state index in [1.54, 1.807) is 0 Å². The number of quaternary nitrogens is 1. The zero-order valence-corrected chi connectivity index (χ0v) is 10.3. The van der Waals surface area contributed by atoms with Crippen molar-refractivity contribution in [3.8, 4) is 0 Å². The van der Waals surface area contributed by atoms with Crippen molar-refractivity contribution in [1.29, 1.82) is 0 Å². The van der Waals surface area contributed by atoms with Crippen LogP contribution >= 0.6 is 0 Å². The maximum Gasteiger partial charge on any atom is 0.132 e. The van der Waals surface area contributed by atoms with E-state index in [2.05, 4.69) is 19.2 Å². The number of carboxylic acids is 1. The summed E-state index contributed by atoms with van der Waals surface area (Å²) in [5.74, 6) is -1.02. The number of rotatable bonds is 3. The van der Waals surface area contributed by atoms with Gasteiger partial charge in [-0.1, -0.05) is 12.1 Å². The van der Waals surface area contributed by atoms with Gasteiger partial charge in [-0.2, -0.15) is 0 Å². The molecule has 0 bridgehead atoms. The lowest BCUT2D eigenvalue weighted by molar-refractivity contribution is -0.304. The highest BCUT2D eigenvalue weighted by atomic mass is 16.4. The predicted molar refractivity (Wildman–Crippen MR) is 66.5 cm³/mol. The summed E-state index contributed by atoms with van der Waals surface area (Å²) in [7, 11) is 2.26. The molecule has 1 aliphatic heterocycles. The summed E-state index contributed by atoms with van der Waals surface area (Å²) in [6, 6.07) is 7.93. The highest BCUT2D eigenvalue weighted by Gasteiger charge is 2.26. The molecule has 17 heavy (non-hydrogen) atoms. The topological polar surface area (TPSA) is 40.1 Å². The average molecular weight is 233 g/mol. The Labute approximate surface area is 102 Å². The molecule has 0 aliphatic carbocycles. The zero-order chi connectivity index (χ0) is 12.3. The predicted octanol–water partition coefficient (Wildman–Crippen LogP) is 1.10. The van der Waals surface area contributed by atoms with Crippen LogP contribution in [0.2, 0.25) is 0 Å². The van der Waals surface area contributed by atoms with Gasteiger partial charge in [0.2, 0.25) is 0 Å². The van der Waals surface area contributed by atoms with Gasteiger partial charge in [0.1, 0.15) is 5.69 Å². The van der Waals surface area contributed by atoms with Gasteiger partial charge in [-0.25, -0.2) is 0 Å². The second kappa shape index (κ2) is 4.88. The van der Waals surface area contributed by atoms with Gasteiger partial charge < -0.3 is 9.90 Å². The van der Waals surface area contributed by atoms with Gasteiger partial charge in [-0.05, 0) is 37.0 Å². The van der Waals surface area contributed by atoms with E-state index in [1.807, 2.05) is 12.1 Å². The van der Waals surface area contributed by atoms with Gasteiger partial charge in [0.05, 0.1) is 20.1 Å². The number of hydrogen-bond acceptors (Lipinski definition) is 2. The smallest absolute Gasteiger partial charge is 0.132 e. The molecule has 1 aromatic carbocycles. The minimum absolute atomic E-state index is 0.00396. The first kappa shape index (κ1) is 12.1. The molecule has 1 aliphatic rings. The second-order valence-corrected chi connectivity index (χ2v) is 5.12. The lowest BCUT2D eigenvalue weighted by atomic mass is 10.1. The molecule has 1 saturated heterocycles. The molecular weight excluding hydrogens is 214 g/mol. The maximum absolute atomic E-state index is 10.5. The minimum atomic E-state index is -1.02. The summed E-state index contributed by atoms with van der Waals surface area (Å²) in [6.07, 6.45) is 3.88. The molecular formula is C14H19NO2. The Kier molecular flexibility index (Phi) is 3.48. The van der Waals surface area contributed by atoms with Crippen LogP contribution in [-0.2, 0) is 11.2 Å². The van der Waals surface area contributed by atoms with Gasteiger partial charge >= 0.3 is 0 Å². The molecule has 0 aromatic heterocycles. The van der Waals surface area contributed by atoms with E-state index < -0.39 is 5.97 Å². The van der Waals surface area contributed by atoms with Gasteiger partial charge in [-0.15, -0.1) is 0 Å². The molecule has 1 heterocycles. The van der Waals surface area contributed by atoms with Gasteiger partial charge in [-0.3, -0.25) is 4.48 Å². The maximum atomic E-state index is 10.5.